The van der Waals surface area contributed by atoms with Gasteiger partial charge in [-0.2, -0.15) is 0 Å². The molecule has 5 nitrogen and oxygen atoms in total. The van der Waals surface area contributed by atoms with Crippen molar-refractivity contribution in [3.05, 3.63) is 63.6 Å². The Bertz CT molecular complexity index is 703. The highest BCUT2D eigenvalue weighted by Gasteiger charge is 2.11. The average molecular weight is 273 g/mol. The maximum Gasteiger partial charge on any atom is 0.339 e. The standard InChI is InChI=1S/C15H15NO4/c1-10-4-3-5-14(17)16(10)9-11-6-7-12(15(18)19)13(8-11)20-2/h3-8H,9H2,1-2H3,(H,18,19). The molecule has 2 aromatic rings. The number of carbonyl (C=O) groups is 1. The van der Waals surface area contributed by atoms with Crippen molar-refractivity contribution in [2.75, 3.05) is 7.11 Å². The van der Waals surface area contributed by atoms with Gasteiger partial charge < -0.3 is 14.4 Å². The number of rotatable bonds is 4. The number of aromatic nitrogens is 1. The average Bonchev–Trinajstić information content (AvgIpc) is 2.42. The number of benzene rings is 1. The lowest BCUT2D eigenvalue weighted by Gasteiger charge is -2.11. The SMILES string of the molecule is COc1cc(Cn2c(C)cccc2=O)ccc1C(=O)O. The second kappa shape index (κ2) is 5.61. The molecular formula is C15H15NO4. The Morgan fingerprint density at radius 3 is 2.65 bits per heavy atom. The lowest BCUT2D eigenvalue weighted by molar-refractivity contribution is 0.0693. The molecule has 5 heteroatoms. The normalized spacial score (nSPS) is 10.3. The van der Waals surface area contributed by atoms with Crippen LogP contribution in [-0.2, 0) is 6.54 Å². The van der Waals surface area contributed by atoms with Crippen LogP contribution in [0.3, 0.4) is 0 Å². The minimum absolute atomic E-state index is 0.0914. The third-order valence-electron chi connectivity index (χ3n) is 3.11. The zero-order chi connectivity index (χ0) is 14.7. The molecule has 20 heavy (non-hydrogen) atoms. The van der Waals surface area contributed by atoms with Gasteiger partial charge in [-0.15, -0.1) is 0 Å². The van der Waals surface area contributed by atoms with Crippen LogP contribution in [0.25, 0.3) is 0 Å². The summed E-state index contributed by atoms with van der Waals surface area (Å²) in [5, 5.41) is 9.03. The smallest absolute Gasteiger partial charge is 0.339 e. The number of pyridine rings is 1. The minimum Gasteiger partial charge on any atom is -0.496 e. The largest absolute Gasteiger partial charge is 0.496 e. The van der Waals surface area contributed by atoms with Gasteiger partial charge in [0.15, 0.2) is 0 Å². The summed E-state index contributed by atoms with van der Waals surface area (Å²) in [6.07, 6.45) is 0. The summed E-state index contributed by atoms with van der Waals surface area (Å²) in [6.45, 7) is 2.23. The van der Waals surface area contributed by atoms with Crippen molar-refractivity contribution in [3.63, 3.8) is 0 Å². The van der Waals surface area contributed by atoms with Crippen LogP contribution in [0.15, 0.2) is 41.2 Å². The molecule has 0 spiro atoms. The molecule has 104 valence electrons. The molecule has 2 rings (SSSR count). The van der Waals surface area contributed by atoms with Gasteiger partial charge in [0.1, 0.15) is 11.3 Å². The molecule has 0 atom stereocenters. The predicted octanol–water partition coefficient (Wildman–Crippen LogP) is 1.91. The van der Waals surface area contributed by atoms with Gasteiger partial charge in [-0.1, -0.05) is 12.1 Å². The Balaban J connectivity index is 2.40. The molecule has 0 fully saturated rings. The van der Waals surface area contributed by atoms with Crippen molar-refractivity contribution in [1.29, 1.82) is 0 Å². The molecule has 1 aromatic carbocycles. The summed E-state index contributed by atoms with van der Waals surface area (Å²) in [6, 6.07) is 9.87. The van der Waals surface area contributed by atoms with Crippen LogP contribution in [0.4, 0.5) is 0 Å². The maximum absolute atomic E-state index is 11.8. The first-order chi connectivity index (χ1) is 9.52. The van der Waals surface area contributed by atoms with Crippen molar-refractivity contribution < 1.29 is 14.6 Å². The van der Waals surface area contributed by atoms with E-state index < -0.39 is 5.97 Å². The van der Waals surface area contributed by atoms with Crippen molar-refractivity contribution in [1.82, 2.24) is 4.57 Å². The van der Waals surface area contributed by atoms with E-state index in [-0.39, 0.29) is 16.9 Å². The van der Waals surface area contributed by atoms with Crippen molar-refractivity contribution in [2.45, 2.75) is 13.5 Å². The van der Waals surface area contributed by atoms with Crippen LogP contribution in [0.5, 0.6) is 5.75 Å². The molecule has 0 aliphatic carbocycles. The number of aromatic carboxylic acids is 1. The molecule has 0 saturated heterocycles. The summed E-state index contributed by atoms with van der Waals surface area (Å²) in [5.74, 6) is -0.752. The van der Waals surface area contributed by atoms with E-state index in [1.807, 2.05) is 13.0 Å². The topological polar surface area (TPSA) is 68.5 Å². The van der Waals surface area contributed by atoms with E-state index in [0.29, 0.717) is 6.54 Å². The second-order valence-corrected chi connectivity index (χ2v) is 4.43. The molecule has 0 amide bonds. The Labute approximate surface area is 116 Å². The van der Waals surface area contributed by atoms with Crippen LogP contribution in [-0.4, -0.2) is 22.8 Å². The van der Waals surface area contributed by atoms with E-state index in [4.69, 9.17) is 9.84 Å². The zero-order valence-corrected chi connectivity index (χ0v) is 11.3. The number of nitrogens with zero attached hydrogens (tertiary/aromatic N) is 1. The summed E-state index contributed by atoms with van der Waals surface area (Å²) in [7, 11) is 1.42. The number of carboxylic acid groups (broad SMARTS) is 1. The summed E-state index contributed by atoms with van der Waals surface area (Å²) >= 11 is 0. The minimum atomic E-state index is -1.04. The van der Waals surface area contributed by atoms with Gasteiger partial charge in [0.05, 0.1) is 13.7 Å². The molecular weight excluding hydrogens is 258 g/mol. The third-order valence-corrected chi connectivity index (χ3v) is 3.11. The fourth-order valence-electron chi connectivity index (χ4n) is 2.02. The van der Waals surface area contributed by atoms with Gasteiger partial charge in [0.2, 0.25) is 0 Å². The van der Waals surface area contributed by atoms with Gasteiger partial charge in [-0.25, -0.2) is 4.79 Å². The van der Waals surface area contributed by atoms with Gasteiger partial charge in [0.25, 0.3) is 5.56 Å². The highest BCUT2D eigenvalue weighted by molar-refractivity contribution is 5.90. The number of hydrogen-bond donors (Lipinski definition) is 1. The fraction of sp³-hybridized carbons (Fsp3) is 0.200. The molecule has 1 aromatic heterocycles. The van der Waals surface area contributed by atoms with Gasteiger partial charge in [-0.3, -0.25) is 4.79 Å². The van der Waals surface area contributed by atoms with Gasteiger partial charge in [-0.05, 0) is 30.7 Å². The lowest BCUT2D eigenvalue weighted by atomic mass is 10.1. The lowest BCUT2D eigenvalue weighted by Crippen LogP contribution is -2.21. The molecule has 0 aliphatic rings. The second-order valence-electron chi connectivity index (χ2n) is 4.43. The van der Waals surface area contributed by atoms with Crippen LogP contribution in [0.1, 0.15) is 21.6 Å². The Morgan fingerprint density at radius 1 is 1.30 bits per heavy atom. The Morgan fingerprint density at radius 2 is 2.05 bits per heavy atom. The number of hydrogen-bond acceptors (Lipinski definition) is 3. The first-order valence-electron chi connectivity index (χ1n) is 6.09. The monoisotopic (exact) mass is 273 g/mol. The van der Waals surface area contributed by atoms with Crippen molar-refractivity contribution >= 4 is 5.97 Å². The first kappa shape index (κ1) is 13.9. The predicted molar refractivity (Wildman–Crippen MR) is 74.5 cm³/mol. The Kier molecular flexibility index (Phi) is 3.89. The van der Waals surface area contributed by atoms with Crippen LogP contribution in [0.2, 0.25) is 0 Å². The molecule has 0 unspecified atom stereocenters. The highest BCUT2D eigenvalue weighted by atomic mass is 16.5. The van der Waals surface area contributed by atoms with Crippen molar-refractivity contribution in [3.8, 4) is 5.75 Å². The molecule has 0 aliphatic heterocycles. The third kappa shape index (κ3) is 2.71. The maximum atomic E-state index is 11.8. The first-order valence-corrected chi connectivity index (χ1v) is 6.09. The van der Waals surface area contributed by atoms with Gasteiger partial charge >= 0.3 is 5.97 Å². The number of carboxylic acids is 1. The van der Waals surface area contributed by atoms with E-state index in [0.717, 1.165) is 11.3 Å². The summed E-state index contributed by atoms with van der Waals surface area (Å²) in [5.41, 5.74) is 1.67. The van der Waals surface area contributed by atoms with Crippen LogP contribution in [0, 0.1) is 6.92 Å². The quantitative estimate of drug-likeness (QED) is 0.924. The van der Waals surface area contributed by atoms with E-state index in [2.05, 4.69) is 0 Å². The number of aryl methyl sites for hydroxylation is 1. The van der Waals surface area contributed by atoms with E-state index in [1.165, 1.54) is 19.2 Å². The van der Waals surface area contributed by atoms with E-state index >= 15 is 0 Å². The van der Waals surface area contributed by atoms with Crippen LogP contribution < -0.4 is 10.3 Å². The highest BCUT2D eigenvalue weighted by Crippen LogP contribution is 2.20. The summed E-state index contributed by atoms with van der Waals surface area (Å²) < 4.78 is 6.70. The number of ether oxygens (including phenoxy) is 1. The fourth-order valence-corrected chi connectivity index (χ4v) is 2.02. The van der Waals surface area contributed by atoms with Crippen molar-refractivity contribution in [2.24, 2.45) is 0 Å². The van der Waals surface area contributed by atoms with E-state index in [9.17, 15) is 9.59 Å². The molecule has 0 bridgehead atoms. The Hall–Kier alpha value is -2.56. The molecule has 0 radical (unpaired) electrons. The van der Waals surface area contributed by atoms with Gasteiger partial charge in [0, 0.05) is 11.8 Å². The number of methoxy groups -OCH3 is 1. The molecule has 1 heterocycles. The zero-order valence-electron chi connectivity index (χ0n) is 11.3. The molecule has 0 saturated carbocycles. The van der Waals surface area contributed by atoms with Crippen LogP contribution >= 0.6 is 0 Å². The molecule has 1 N–H and O–H groups in total. The summed E-state index contributed by atoms with van der Waals surface area (Å²) in [4.78, 5) is 22.8. The van der Waals surface area contributed by atoms with E-state index in [1.54, 1.807) is 22.8 Å².